The first-order chi connectivity index (χ1) is 18.5. The maximum Gasteiger partial charge on any atom is 0.264 e. The Bertz CT molecular complexity index is 1360. The molecular formula is C31H39N3O4S. The topological polar surface area (TPSA) is 86.8 Å². The summed E-state index contributed by atoms with van der Waals surface area (Å²) in [6, 6.07) is 22.5. The number of amides is 2. The molecule has 0 spiro atoms. The minimum atomic E-state index is -4.07. The second-order valence-electron chi connectivity index (χ2n) is 9.93. The number of sulfonamides is 1. The van der Waals surface area contributed by atoms with Crippen LogP contribution < -0.4 is 9.62 Å². The molecule has 0 unspecified atom stereocenters. The van der Waals surface area contributed by atoms with Gasteiger partial charge in [0.05, 0.1) is 10.6 Å². The van der Waals surface area contributed by atoms with Crippen molar-refractivity contribution < 1.29 is 18.0 Å². The van der Waals surface area contributed by atoms with E-state index in [1.165, 1.54) is 21.3 Å². The molecule has 0 bridgehead atoms. The lowest BCUT2D eigenvalue weighted by molar-refractivity contribution is -0.139. The summed E-state index contributed by atoms with van der Waals surface area (Å²) in [5.41, 5.74) is 3.06. The van der Waals surface area contributed by atoms with Gasteiger partial charge in [-0.3, -0.25) is 13.9 Å². The normalized spacial score (nSPS) is 12.8. The van der Waals surface area contributed by atoms with Gasteiger partial charge in [-0.1, -0.05) is 67.6 Å². The minimum absolute atomic E-state index is 0.0454. The number of hydrogen-bond donors (Lipinski definition) is 1. The monoisotopic (exact) mass is 549 g/mol. The fourth-order valence-corrected chi connectivity index (χ4v) is 5.75. The van der Waals surface area contributed by atoms with Gasteiger partial charge in [-0.25, -0.2) is 8.42 Å². The van der Waals surface area contributed by atoms with Crippen molar-refractivity contribution in [3.63, 3.8) is 0 Å². The van der Waals surface area contributed by atoms with E-state index in [1.54, 1.807) is 31.2 Å². The van der Waals surface area contributed by atoms with Crippen LogP contribution in [0.3, 0.4) is 0 Å². The van der Waals surface area contributed by atoms with E-state index in [1.807, 2.05) is 70.2 Å². The molecule has 3 aromatic carbocycles. The smallest absolute Gasteiger partial charge is 0.264 e. The predicted octanol–water partition coefficient (Wildman–Crippen LogP) is 4.87. The van der Waals surface area contributed by atoms with E-state index in [2.05, 4.69) is 5.32 Å². The quantitative estimate of drug-likeness (QED) is 0.349. The highest BCUT2D eigenvalue weighted by molar-refractivity contribution is 7.92. The van der Waals surface area contributed by atoms with E-state index >= 15 is 0 Å². The standard InChI is InChI=1S/C31H39N3O4S/c1-6-25(4)32-31(36)26(5)33(20-19-27-13-9-7-10-14-27)30(35)22-34(29-21-23(2)17-18-24(29)3)39(37,38)28-15-11-8-12-16-28/h7-18,21,25-26H,6,19-20,22H2,1-5H3,(H,32,36)/t25-,26+/m1/s1. The highest BCUT2D eigenvalue weighted by atomic mass is 32.2. The molecule has 8 heteroatoms. The lowest BCUT2D eigenvalue weighted by atomic mass is 10.1. The van der Waals surface area contributed by atoms with E-state index < -0.39 is 28.5 Å². The number of anilines is 1. The summed E-state index contributed by atoms with van der Waals surface area (Å²) in [6.45, 7) is 9.11. The molecule has 0 fully saturated rings. The van der Waals surface area contributed by atoms with E-state index in [0.29, 0.717) is 12.1 Å². The average Bonchev–Trinajstić information content (AvgIpc) is 2.94. The summed E-state index contributed by atoms with van der Waals surface area (Å²) in [5.74, 6) is -0.715. The molecule has 0 aromatic heterocycles. The molecule has 208 valence electrons. The molecule has 0 saturated heterocycles. The maximum absolute atomic E-state index is 14.0. The average molecular weight is 550 g/mol. The van der Waals surface area contributed by atoms with E-state index in [9.17, 15) is 18.0 Å². The van der Waals surface area contributed by atoms with Crippen molar-refractivity contribution in [2.24, 2.45) is 0 Å². The third-order valence-electron chi connectivity index (χ3n) is 6.90. The largest absolute Gasteiger partial charge is 0.352 e. The SMILES string of the molecule is CC[C@@H](C)NC(=O)[C@H](C)N(CCc1ccccc1)C(=O)CN(c1cc(C)ccc1C)S(=O)(=O)c1ccccc1. The van der Waals surface area contributed by atoms with Crippen molar-refractivity contribution in [2.45, 2.75) is 64.4 Å². The Kier molecular flexibility index (Phi) is 10.3. The van der Waals surface area contributed by atoms with E-state index in [0.717, 1.165) is 23.1 Å². The molecule has 7 nitrogen and oxygen atoms in total. The van der Waals surface area contributed by atoms with Crippen LogP contribution in [0.4, 0.5) is 5.69 Å². The van der Waals surface area contributed by atoms with Gasteiger partial charge in [-0.2, -0.15) is 0 Å². The van der Waals surface area contributed by atoms with Crippen molar-refractivity contribution in [2.75, 3.05) is 17.4 Å². The summed E-state index contributed by atoms with van der Waals surface area (Å²) < 4.78 is 29.0. The van der Waals surface area contributed by atoms with Gasteiger partial charge in [-0.15, -0.1) is 0 Å². The van der Waals surface area contributed by atoms with Crippen LogP contribution >= 0.6 is 0 Å². The van der Waals surface area contributed by atoms with Gasteiger partial charge in [0.25, 0.3) is 10.0 Å². The van der Waals surface area contributed by atoms with Crippen molar-refractivity contribution in [3.05, 3.63) is 95.6 Å². The maximum atomic E-state index is 14.0. The Morgan fingerprint density at radius 1 is 0.897 bits per heavy atom. The third kappa shape index (κ3) is 7.69. The van der Waals surface area contributed by atoms with Crippen molar-refractivity contribution in [3.8, 4) is 0 Å². The predicted molar refractivity (Wildman–Crippen MR) is 156 cm³/mol. The molecule has 2 amide bonds. The van der Waals surface area contributed by atoms with Gasteiger partial charge in [0.1, 0.15) is 12.6 Å². The lowest BCUT2D eigenvalue weighted by Gasteiger charge is -2.33. The van der Waals surface area contributed by atoms with Crippen LogP contribution in [0.5, 0.6) is 0 Å². The number of benzene rings is 3. The van der Waals surface area contributed by atoms with Crippen LogP contribution in [-0.4, -0.2) is 50.3 Å². The summed E-state index contributed by atoms with van der Waals surface area (Å²) >= 11 is 0. The molecule has 0 aliphatic rings. The lowest BCUT2D eigenvalue weighted by Crippen LogP contribution is -2.53. The fourth-order valence-electron chi connectivity index (χ4n) is 4.26. The number of nitrogens with zero attached hydrogens (tertiary/aromatic N) is 2. The summed E-state index contributed by atoms with van der Waals surface area (Å²) in [5, 5.41) is 2.96. The zero-order chi connectivity index (χ0) is 28.6. The minimum Gasteiger partial charge on any atom is -0.352 e. The van der Waals surface area contributed by atoms with Crippen LogP contribution in [0.15, 0.2) is 83.8 Å². The Labute approximate surface area is 232 Å². The van der Waals surface area contributed by atoms with Crippen molar-refractivity contribution in [1.82, 2.24) is 10.2 Å². The number of carbonyl (C=O) groups excluding carboxylic acids is 2. The van der Waals surface area contributed by atoms with Gasteiger partial charge in [0.15, 0.2) is 0 Å². The first kappa shape index (κ1) is 29.9. The van der Waals surface area contributed by atoms with Gasteiger partial charge < -0.3 is 10.2 Å². The van der Waals surface area contributed by atoms with Crippen LogP contribution in [0.2, 0.25) is 0 Å². The molecule has 0 aliphatic carbocycles. The molecule has 2 atom stereocenters. The van der Waals surface area contributed by atoms with Crippen molar-refractivity contribution in [1.29, 1.82) is 0 Å². The first-order valence-electron chi connectivity index (χ1n) is 13.3. The molecule has 3 aromatic rings. The van der Waals surface area contributed by atoms with Gasteiger partial charge in [0, 0.05) is 12.6 Å². The Hall–Kier alpha value is -3.65. The summed E-state index contributed by atoms with van der Waals surface area (Å²) in [6.07, 6.45) is 1.29. The zero-order valence-electron chi connectivity index (χ0n) is 23.4. The van der Waals surface area contributed by atoms with Gasteiger partial charge in [-0.05, 0) is 75.4 Å². The first-order valence-corrected chi connectivity index (χ1v) is 14.8. The molecule has 0 aliphatic heterocycles. The molecule has 0 radical (unpaired) electrons. The number of hydrogen-bond acceptors (Lipinski definition) is 4. The zero-order valence-corrected chi connectivity index (χ0v) is 24.2. The van der Waals surface area contributed by atoms with Crippen LogP contribution in [0, 0.1) is 13.8 Å². The highest BCUT2D eigenvalue weighted by Gasteiger charge is 2.33. The van der Waals surface area contributed by atoms with Crippen LogP contribution in [0.1, 0.15) is 43.9 Å². The second kappa shape index (κ2) is 13.4. The molecule has 0 saturated carbocycles. The Morgan fingerprint density at radius 3 is 2.13 bits per heavy atom. The second-order valence-corrected chi connectivity index (χ2v) is 11.8. The van der Waals surface area contributed by atoms with Crippen molar-refractivity contribution >= 4 is 27.5 Å². The highest BCUT2D eigenvalue weighted by Crippen LogP contribution is 2.28. The van der Waals surface area contributed by atoms with Gasteiger partial charge >= 0.3 is 0 Å². The number of carbonyl (C=O) groups is 2. The summed E-state index contributed by atoms with van der Waals surface area (Å²) in [4.78, 5) is 28.7. The molecule has 39 heavy (non-hydrogen) atoms. The Balaban J connectivity index is 2.00. The molecule has 0 heterocycles. The number of aryl methyl sites for hydroxylation is 2. The third-order valence-corrected chi connectivity index (χ3v) is 8.67. The molecular weight excluding hydrogens is 510 g/mol. The molecule has 3 rings (SSSR count). The van der Waals surface area contributed by atoms with Gasteiger partial charge in [0.2, 0.25) is 11.8 Å². The number of nitrogens with one attached hydrogen (secondary N) is 1. The fraction of sp³-hybridized carbons (Fsp3) is 0.355. The summed E-state index contributed by atoms with van der Waals surface area (Å²) in [7, 11) is -4.07. The number of rotatable bonds is 12. The van der Waals surface area contributed by atoms with E-state index in [4.69, 9.17) is 0 Å². The van der Waals surface area contributed by atoms with Crippen LogP contribution in [-0.2, 0) is 26.0 Å². The van der Waals surface area contributed by atoms with E-state index in [-0.39, 0.29) is 23.4 Å². The molecule has 1 N–H and O–H groups in total. The Morgan fingerprint density at radius 2 is 1.51 bits per heavy atom. The van der Waals surface area contributed by atoms with Crippen LogP contribution in [0.25, 0.3) is 0 Å².